The molecule has 2 unspecified atom stereocenters. The van der Waals surface area contributed by atoms with Crippen LogP contribution >= 0.6 is 0 Å². The molecule has 2 atom stereocenters. The van der Waals surface area contributed by atoms with Gasteiger partial charge in [0.2, 0.25) is 10.0 Å². The zero-order valence-electron chi connectivity index (χ0n) is 15.4. The number of nitrogens with zero attached hydrogens (tertiary/aromatic N) is 1. The number of ether oxygens (including phenoxy) is 1. The average Bonchev–Trinajstić information content (AvgIpc) is 3.32. The minimum atomic E-state index is -3.81. The van der Waals surface area contributed by atoms with Crippen molar-refractivity contribution in [2.24, 2.45) is 0 Å². The lowest BCUT2D eigenvalue weighted by Gasteiger charge is -2.24. The average molecular weight is 373 g/mol. The van der Waals surface area contributed by atoms with Gasteiger partial charge in [0.15, 0.2) is 5.54 Å². The highest BCUT2D eigenvalue weighted by atomic mass is 32.2. The number of carbonyl (C=O) groups excluding carboxylic acids is 1. The fourth-order valence-corrected chi connectivity index (χ4v) is 4.58. The van der Waals surface area contributed by atoms with Crippen molar-refractivity contribution >= 4 is 16.0 Å². The van der Waals surface area contributed by atoms with E-state index in [0.717, 1.165) is 5.56 Å². The lowest BCUT2D eigenvalue weighted by atomic mass is 9.99. The van der Waals surface area contributed by atoms with E-state index in [1.54, 1.807) is 69.3 Å². The Kier molecular flexibility index (Phi) is 4.45. The standard InChI is InChI=1S/C20H23NO4S/c1-15-10-12-17(13-11-15)26(23,24)21-14-20(21,16-8-6-5-7-9-16)18(22)25-19(2,3)4/h5-13H,14H2,1-4H3. The van der Waals surface area contributed by atoms with Crippen LogP contribution in [0.15, 0.2) is 59.5 Å². The third kappa shape index (κ3) is 3.27. The summed E-state index contributed by atoms with van der Waals surface area (Å²) >= 11 is 0. The van der Waals surface area contributed by atoms with Crippen molar-refractivity contribution in [1.82, 2.24) is 4.31 Å². The molecule has 0 bridgehead atoms. The van der Waals surface area contributed by atoms with Crippen LogP contribution in [-0.4, -0.2) is 30.8 Å². The molecule has 26 heavy (non-hydrogen) atoms. The quantitative estimate of drug-likeness (QED) is 0.610. The van der Waals surface area contributed by atoms with Gasteiger partial charge in [0, 0.05) is 0 Å². The SMILES string of the molecule is Cc1ccc(S(=O)(=O)N2CC2(C(=O)OC(C)(C)C)c2ccccc2)cc1. The van der Waals surface area contributed by atoms with Crippen molar-refractivity contribution in [3.63, 3.8) is 0 Å². The number of hydrogen-bond donors (Lipinski definition) is 0. The molecule has 0 aliphatic carbocycles. The molecule has 0 amide bonds. The van der Waals surface area contributed by atoms with Gasteiger partial charge < -0.3 is 4.74 Å². The van der Waals surface area contributed by atoms with Crippen LogP contribution in [0.5, 0.6) is 0 Å². The van der Waals surface area contributed by atoms with Crippen molar-refractivity contribution < 1.29 is 17.9 Å². The maximum absolute atomic E-state index is 13.1. The topological polar surface area (TPSA) is 63.5 Å². The molecule has 0 aromatic heterocycles. The van der Waals surface area contributed by atoms with E-state index in [1.165, 1.54) is 4.31 Å². The van der Waals surface area contributed by atoms with E-state index in [4.69, 9.17) is 4.74 Å². The number of hydrogen-bond acceptors (Lipinski definition) is 4. The van der Waals surface area contributed by atoms with Crippen LogP contribution in [0.2, 0.25) is 0 Å². The highest BCUT2D eigenvalue weighted by Crippen LogP contribution is 2.48. The first-order valence-corrected chi connectivity index (χ1v) is 9.90. The molecule has 1 aliphatic heterocycles. The number of benzene rings is 2. The summed E-state index contributed by atoms with van der Waals surface area (Å²) in [7, 11) is -3.81. The van der Waals surface area contributed by atoms with Crippen LogP contribution in [-0.2, 0) is 25.1 Å². The lowest BCUT2D eigenvalue weighted by Crippen LogP contribution is -2.36. The monoisotopic (exact) mass is 373 g/mol. The predicted molar refractivity (Wildman–Crippen MR) is 99.0 cm³/mol. The molecule has 1 fully saturated rings. The lowest BCUT2D eigenvalue weighted by molar-refractivity contribution is -0.159. The molecule has 1 saturated heterocycles. The second-order valence-corrected chi connectivity index (χ2v) is 9.42. The fraction of sp³-hybridized carbons (Fsp3) is 0.350. The van der Waals surface area contributed by atoms with Gasteiger partial charge in [-0.3, -0.25) is 0 Å². The van der Waals surface area contributed by atoms with Crippen molar-refractivity contribution in [3.05, 3.63) is 65.7 Å². The highest BCUT2D eigenvalue weighted by molar-refractivity contribution is 7.89. The largest absolute Gasteiger partial charge is 0.458 e. The van der Waals surface area contributed by atoms with E-state index >= 15 is 0 Å². The van der Waals surface area contributed by atoms with E-state index in [0.29, 0.717) is 5.56 Å². The van der Waals surface area contributed by atoms with Gasteiger partial charge in [0.25, 0.3) is 0 Å². The highest BCUT2D eigenvalue weighted by Gasteiger charge is 2.67. The van der Waals surface area contributed by atoms with Gasteiger partial charge in [-0.1, -0.05) is 48.0 Å². The summed E-state index contributed by atoms with van der Waals surface area (Å²) in [6, 6.07) is 15.5. The molecule has 6 heteroatoms. The van der Waals surface area contributed by atoms with Crippen molar-refractivity contribution in [1.29, 1.82) is 0 Å². The van der Waals surface area contributed by atoms with Crippen LogP contribution in [0.3, 0.4) is 0 Å². The first-order valence-electron chi connectivity index (χ1n) is 8.46. The van der Waals surface area contributed by atoms with Crippen molar-refractivity contribution in [2.45, 2.75) is 43.7 Å². The summed E-state index contributed by atoms with van der Waals surface area (Å²) in [6.07, 6.45) is 0. The van der Waals surface area contributed by atoms with E-state index < -0.39 is 27.1 Å². The van der Waals surface area contributed by atoms with Crippen molar-refractivity contribution in [3.8, 4) is 0 Å². The van der Waals surface area contributed by atoms with Gasteiger partial charge in [-0.05, 0) is 45.4 Å². The van der Waals surface area contributed by atoms with Crippen LogP contribution in [0.1, 0.15) is 31.9 Å². The summed E-state index contributed by atoms with van der Waals surface area (Å²) in [5.41, 5.74) is -0.430. The van der Waals surface area contributed by atoms with Gasteiger partial charge in [-0.15, -0.1) is 0 Å². The van der Waals surface area contributed by atoms with Crippen LogP contribution < -0.4 is 0 Å². The summed E-state index contributed by atoms with van der Waals surface area (Å²) in [4.78, 5) is 13.1. The fourth-order valence-electron chi connectivity index (χ4n) is 2.90. The van der Waals surface area contributed by atoms with Gasteiger partial charge in [0.1, 0.15) is 5.60 Å². The first-order chi connectivity index (χ1) is 12.1. The Morgan fingerprint density at radius 2 is 1.62 bits per heavy atom. The third-order valence-corrected chi connectivity index (χ3v) is 6.18. The number of esters is 1. The molecule has 1 aliphatic rings. The number of carbonyl (C=O) groups is 1. The summed E-state index contributed by atoms with van der Waals surface area (Å²) in [5.74, 6) is -0.549. The maximum Gasteiger partial charge on any atom is 0.334 e. The second kappa shape index (κ2) is 6.21. The third-order valence-electron chi connectivity index (χ3n) is 4.29. The van der Waals surface area contributed by atoms with Gasteiger partial charge in [-0.2, -0.15) is 4.31 Å². The number of rotatable bonds is 4. The molecule has 3 rings (SSSR count). The molecule has 0 saturated carbocycles. The molecule has 5 nitrogen and oxygen atoms in total. The normalized spacial score (nSPS) is 22.7. The Morgan fingerprint density at radius 3 is 2.15 bits per heavy atom. The van der Waals surface area contributed by atoms with E-state index in [1.807, 2.05) is 13.0 Å². The number of aryl methyl sites for hydroxylation is 1. The van der Waals surface area contributed by atoms with Crippen LogP contribution in [0.25, 0.3) is 0 Å². The summed E-state index contributed by atoms with van der Waals surface area (Å²) in [6.45, 7) is 7.27. The van der Waals surface area contributed by atoms with Crippen LogP contribution in [0, 0.1) is 6.92 Å². The Labute approximate surface area is 154 Å². The molecular formula is C20H23NO4S. The maximum atomic E-state index is 13.1. The zero-order chi connectivity index (χ0) is 19.2. The smallest absolute Gasteiger partial charge is 0.334 e. The van der Waals surface area contributed by atoms with E-state index in [2.05, 4.69) is 0 Å². The zero-order valence-corrected chi connectivity index (χ0v) is 16.2. The summed E-state index contributed by atoms with van der Waals surface area (Å²) < 4.78 is 32.9. The molecule has 138 valence electrons. The second-order valence-electron chi connectivity index (χ2n) is 7.55. The molecule has 2 aromatic rings. The Morgan fingerprint density at radius 1 is 1.04 bits per heavy atom. The molecule has 0 radical (unpaired) electrons. The molecule has 0 N–H and O–H groups in total. The minimum Gasteiger partial charge on any atom is -0.458 e. The van der Waals surface area contributed by atoms with E-state index in [-0.39, 0.29) is 11.4 Å². The van der Waals surface area contributed by atoms with Crippen molar-refractivity contribution in [2.75, 3.05) is 6.54 Å². The van der Waals surface area contributed by atoms with Crippen LogP contribution in [0.4, 0.5) is 0 Å². The number of sulfonamides is 1. The molecule has 2 aromatic carbocycles. The minimum absolute atomic E-state index is 0.0716. The predicted octanol–water partition coefficient (Wildman–Crippen LogP) is 3.24. The summed E-state index contributed by atoms with van der Waals surface area (Å²) in [5, 5.41) is 0. The molecule has 0 spiro atoms. The Bertz CT molecular complexity index is 915. The van der Waals surface area contributed by atoms with Gasteiger partial charge >= 0.3 is 5.97 Å². The van der Waals surface area contributed by atoms with Gasteiger partial charge in [-0.25, -0.2) is 13.2 Å². The Balaban J connectivity index is 2.03. The van der Waals surface area contributed by atoms with Gasteiger partial charge in [0.05, 0.1) is 11.4 Å². The molecule has 1 heterocycles. The van der Waals surface area contributed by atoms with E-state index in [9.17, 15) is 13.2 Å². The Hall–Kier alpha value is -2.18. The first kappa shape index (κ1) is 18.6. The molecular weight excluding hydrogens is 350 g/mol.